The summed E-state index contributed by atoms with van der Waals surface area (Å²) in [6, 6.07) is -1.52. The summed E-state index contributed by atoms with van der Waals surface area (Å²) in [4.78, 5) is 45.8. The highest BCUT2D eigenvalue weighted by Crippen LogP contribution is 2.43. The van der Waals surface area contributed by atoms with E-state index >= 15 is 0 Å². The van der Waals surface area contributed by atoms with E-state index in [1.54, 1.807) is 0 Å². The number of carboxylic acid groups (broad SMARTS) is 1. The third-order valence-electron chi connectivity index (χ3n) is 8.73. The number of allylic oxidation sites excluding steroid dienone is 4. The van der Waals surface area contributed by atoms with Gasteiger partial charge in [0.1, 0.15) is 12.6 Å². The minimum atomic E-state index is -4.71. The lowest BCUT2D eigenvalue weighted by atomic mass is 10.0. The molecule has 0 fully saturated rings. The molecule has 0 rings (SSSR count). The van der Waals surface area contributed by atoms with E-state index in [1.165, 1.54) is 83.5 Å². The van der Waals surface area contributed by atoms with Gasteiger partial charge in [-0.3, -0.25) is 23.4 Å². The quantitative estimate of drug-likeness (QED) is 0.0237. The Morgan fingerprint density at radius 2 is 1.00 bits per heavy atom. The molecule has 0 saturated carbocycles. The highest BCUT2D eigenvalue weighted by molar-refractivity contribution is 7.47. The van der Waals surface area contributed by atoms with Crippen molar-refractivity contribution in [2.45, 2.75) is 193 Å². The van der Waals surface area contributed by atoms with Gasteiger partial charge in [-0.15, -0.1) is 0 Å². The Morgan fingerprint density at radius 1 is 0.596 bits per heavy atom. The van der Waals surface area contributed by atoms with Crippen LogP contribution in [0.25, 0.3) is 0 Å². The summed E-state index contributed by atoms with van der Waals surface area (Å²) >= 11 is 0. The fraction of sp³-hybridized carbons (Fsp3) is 0.825. The predicted octanol–water partition coefficient (Wildman–Crippen LogP) is 10.3. The number of rotatable bonds is 38. The summed E-state index contributed by atoms with van der Waals surface area (Å²) in [7, 11) is -4.71. The Labute approximate surface area is 315 Å². The van der Waals surface area contributed by atoms with Crippen LogP contribution >= 0.6 is 7.82 Å². The summed E-state index contributed by atoms with van der Waals surface area (Å²) in [6.07, 6.45) is 35.2. The van der Waals surface area contributed by atoms with E-state index in [9.17, 15) is 23.8 Å². The molecule has 0 aromatic heterocycles. The number of hydrogen-bond donors (Lipinski definition) is 3. The number of nitrogens with two attached hydrogens (primary N) is 1. The molecule has 0 amide bonds. The van der Waals surface area contributed by atoms with Gasteiger partial charge in [0.15, 0.2) is 6.10 Å². The van der Waals surface area contributed by atoms with Gasteiger partial charge in [-0.2, -0.15) is 0 Å². The van der Waals surface area contributed by atoms with Gasteiger partial charge < -0.3 is 25.2 Å². The first-order valence-electron chi connectivity index (χ1n) is 20.4. The molecule has 0 aliphatic heterocycles. The topological polar surface area (TPSA) is 172 Å². The monoisotopic (exact) mass is 760 g/mol. The van der Waals surface area contributed by atoms with E-state index in [4.69, 9.17) is 24.8 Å². The SMILES string of the molecule is CCCCCC/C=C/C=C/CCCCCCCC(=O)OC[C@H](COP(=O)(O)OC[C@H](N)C(=O)O)OC(=O)CCCCCCCCCCCCCCC. The van der Waals surface area contributed by atoms with Crippen molar-refractivity contribution in [1.82, 2.24) is 0 Å². The maximum Gasteiger partial charge on any atom is 0.472 e. The number of carbonyl (C=O) groups excluding carboxylic acids is 2. The third kappa shape index (κ3) is 35.0. The summed E-state index contributed by atoms with van der Waals surface area (Å²) < 4.78 is 32.6. The summed E-state index contributed by atoms with van der Waals surface area (Å²) in [6.45, 7) is 2.76. The van der Waals surface area contributed by atoms with Gasteiger partial charge in [0.05, 0.1) is 13.2 Å². The van der Waals surface area contributed by atoms with Crippen LogP contribution in [0.5, 0.6) is 0 Å². The Hall–Kier alpha value is -2.04. The smallest absolute Gasteiger partial charge is 0.472 e. The van der Waals surface area contributed by atoms with E-state index in [0.29, 0.717) is 12.8 Å². The summed E-state index contributed by atoms with van der Waals surface area (Å²) in [5, 5.41) is 8.87. The molecule has 12 heteroatoms. The zero-order valence-electron chi connectivity index (χ0n) is 32.7. The van der Waals surface area contributed by atoms with Crippen LogP contribution in [0.2, 0.25) is 0 Å². The van der Waals surface area contributed by atoms with Crippen LogP contribution in [-0.4, -0.2) is 59.9 Å². The first kappa shape index (κ1) is 50.0. The number of ether oxygens (including phenoxy) is 2. The lowest BCUT2D eigenvalue weighted by molar-refractivity contribution is -0.161. The molecule has 0 spiro atoms. The van der Waals surface area contributed by atoms with Crippen LogP contribution in [0.4, 0.5) is 0 Å². The van der Waals surface area contributed by atoms with Gasteiger partial charge in [-0.05, 0) is 38.5 Å². The standard InChI is InChI=1S/C40H74NO10P/c1-3-5-7-9-11-13-15-17-18-20-21-23-25-27-29-31-38(42)48-33-36(34-49-52(46,47)50-35-37(41)40(44)45)51-39(43)32-30-28-26-24-22-19-16-14-12-10-8-6-4-2/h13,15,17-18,36-37H,3-12,14,16,19-35,41H2,1-2H3,(H,44,45)(H,46,47)/b15-13+,18-17+/t36-,37+/m1/s1. The zero-order valence-corrected chi connectivity index (χ0v) is 33.5. The molecule has 0 radical (unpaired) electrons. The molecule has 0 bridgehead atoms. The Bertz CT molecular complexity index is 989. The molecule has 1 unspecified atom stereocenters. The van der Waals surface area contributed by atoms with Gasteiger partial charge in [0.25, 0.3) is 0 Å². The number of aliphatic carboxylic acids is 1. The Kier molecular flexibility index (Phi) is 34.6. The number of esters is 2. The molecule has 52 heavy (non-hydrogen) atoms. The van der Waals surface area contributed by atoms with Crippen LogP contribution in [0, 0.1) is 0 Å². The normalized spacial score (nSPS) is 14.1. The third-order valence-corrected chi connectivity index (χ3v) is 9.68. The second-order valence-electron chi connectivity index (χ2n) is 13.8. The van der Waals surface area contributed by atoms with Crippen LogP contribution in [0.15, 0.2) is 24.3 Å². The number of phosphoric ester groups is 1. The number of carboxylic acids is 1. The summed E-state index contributed by atoms with van der Waals surface area (Å²) in [5.41, 5.74) is 5.32. The van der Waals surface area contributed by atoms with Crippen molar-refractivity contribution in [3.05, 3.63) is 24.3 Å². The van der Waals surface area contributed by atoms with Gasteiger partial charge in [0, 0.05) is 12.8 Å². The van der Waals surface area contributed by atoms with Crippen molar-refractivity contribution in [3.63, 3.8) is 0 Å². The van der Waals surface area contributed by atoms with Crippen molar-refractivity contribution in [3.8, 4) is 0 Å². The highest BCUT2D eigenvalue weighted by atomic mass is 31.2. The second-order valence-corrected chi connectivity index (χ2v) is 15.3. The summed E-state index contributed by atoms with van der Waals surface area (Å²) in [5.74, 6) is -2.39. The molecule has 0 heterocycles. The maximum absolute atomic E-state index is 12.6. The minimum Gasteiger partial charge on any atom is -0.480 e. The first-order valence-corrected chi connectivity index (χ1v) is 21.9. The van der Waals surface area contributed by atoms with E-state index in [0.717, 1.165) is 57.8 Å². The first-order chi connectivity index (χ1) is 25.1. The lowest BCUT2D eigenvalue weighted by Crippen LogP contribution is -2.34. The molecule has 0 saturated heterocycles. The molecule has 3 atom stereocenters. The van der Waals surface area contributed by atoms with E-state index in [1.807, 2.05) is 0 Å². The van der Waals surface area contributed by atoms with Gasteiger partial charge in [0.2, 0.25) is 0 Å². The molecule has 0 aromatic carbocycles. The van der Waals surface area contributed by atoms with Gasteiger partial charge >= 0.3 is 25.7 Å². The van der Waals surface area contributed by atoms with Crippen LogP contribution in [0.3, 0.4) is 0 Å². The molecular weight excluding hydrogens is 685 g/mol. The highest BCUT2D eigenvalue weighted by Gasteiger charge is 2.28. The molecule has 0 aliphatic rings. The van der Waals surface area contributed by atoms with Crippen molar-refractivity contribution in [1.29, 1.82) is 0 Å². The molecule has 304 valence electrons. The van der Waals surface area contributed by atoms with Crippen molar-refractivity contribution < 1.29 is 47.5 Å². The predicted molar refractivity (Wildman–Crippen MR) is 208 cm³/mol. The largest absolute Gasteiger partial charge is 0.480 e. The Morgan fingerprint density at radius 3 is 1.48 bits per heavy atom. The fourth-order valence-corrected chi connectivity index (χ4v) is 6.25. The maximum atomic E-state index is 12.6. The van der Waals surface area contributed by atoms with Gasteiger partial charge in [-0.1, -0.05) is 154 Å². The number of hydrogen-bond acceptors (Lipinski definition) is 9. The van der Waals surface area contributed by atoms with Crippen molar-refractivity contribution >= 4 is 25.7 Å². The fourth-order valence-electron chi connectivity index (χ4n) is 5.47. The minimum absolute atomic E-state index is 0.161. The van der Waals surface area contributed by atoms with Crippen LogP contribution < -0.4 is 5.73 Å². The molecule has 0 aliphatic carbocycles. The zero-order chi connectivity index (χ0) is 38.5. The van der Waals surface area contributed by atoms with Crippen molar-refractivity contribution in [2.24, 2.45) is 5.73 Å². The average molecular weight is 760 g/mol. The van der Waals surface area contributed by atoms with Crippen molar-refractivity contribution in [2.75, 3.05) is 19.8 Å². The van der Waals surface area contributed by atoms with E-state index < -0.39 is 51.1 Å². The number of unbranched alkanes of at least 4 members (excludes halogenated alkanes) is 21. The Balaban J connectivity index is 4.42. The van der Waals surface area contributed by atoms with Crippen LogP contribution in [0.1, 0.15) is 181 Å². The average Bonchev–Trinajstić information content (AvgIpc) is 3.12. The lowest BCUT2D eigenvalue weighted by Gasteiger charge is -2.20. The number of carbonyl (C=O) groups is 3. The molecule has 4 N–H and O–H groups in total. The van der Waals surface area contributed by atoms with E-state index in [2.05, 4.69) is 42.7 Å². The number of phosphoric acid groups is 1. The molecule has 0 aromatic rings. The van der Waals surface area contributed by atoms with E-state index in [-0.39, 0.29) is 19.4 Å². The van der Waals surface area contributed by atoms with Gasteiger partial charge in [-0.25, -0.2) is 4.57 Å². The molecule has 11 nitrogen and oxygen atoms in total. The van der Waals surface area contributed by atoms with Crippen LogP contribution in [-0.2, 0) is 37.5 Å². The molecular formula is C40H74NO10P. The second kappa shape index (κ2) is 36.0.